The Morgan fingerprint density at radius 1 is 0.909 bits per heavy atom. The van der Waals surface area contributed by atoms with Gasteiger partial charge in [0.25, 0.3) is 0 Å². The summed E-state index contributed by atoms with van der Waals surface area (Å²) in [7, 11) is 3.35. The van der Waals surface area contributed by atoms with E-state index in [-0.39, 0.29) is 0 Å². The molecule has 0 aromatic heterocycles. The lowest BCUT2D eigenvalue weighted by atomic mass is 10.1. The molecule has 0 saturated heterocycles. The molecule has 0 atom stereocenters. The minimum Gasteiger partial charge on any atom is -0.497 e. The summed E-state index contributed by atoms with van der Waals surface area (Å²) >= 11 is 0. The van der Waals surface area contributed by atoms with Crippen LogP contribution in [0.2, 0.25) is 0 Å². The van der Waals surface area contributed by atoms with Crippen molar-refractivity contribution in [1.29, 1.82) is 0 Å². The Bertz CT molecular complexity index is 581. The lowest BCUT2D eigenvalue weighted by Gasteiger charge is -2.11. The van der Waals surface area contributed by atoms with E-state index in [1.807, 2.05) is 30.3 Å². The van der Waals surface area contributed by atoms with Crippen LogP contribution in [0.25, 0.3) is 0 Å². The first-order chi connectivity index (χ1) is 10.7. The molecule has 0 amide bonds. The summed E-state index contributed by atoms with van der Waals surface area (Å²) in [6.07, 6.45) is 0. The zero-order valence-corrected chi connectivity index (χ0v) is 13.4. The van der Waals surface area contributed by atoms with Crippen LogP contribution >= 0.6 is 0 Å². The van der Waals surface area contributed by atoms with Gasteiger partial charge in [0.15, 0.2) is 0 Å². The molecule has 2 aromatic carbocycles. The zero-order valence-electron chi connectivity index (χ0n) is 13.4. The second-order valence-corrected chi connectivity index (χ2v) is 5.02. The highest BCUT2D eigenvalue weighted by Crippen LogP contribution is 2.19. The standard InChI is InChI=1S/C18H23NO3/c1-14-4-9-18(21-3)15(12-14)13-19-10-11-22-17-7-5-16(20-2)6-8-17/h4-9,12,19H,10-11,13H2,1-3H3. The van der Waals surface area contributed by atoms with Gasteiger partial charge in [-0.2, -0.15) is 0 Å². The van der Waals surface area contributed by atoms with Gasteiger partial charge in [0.2, 0.25) is 0 Å². The van der Waals surface area contributed by atoms with Crippen molar-refractivity contribution in [3.8, 4) is 17.2 Å². The van der Waals surface area contributed by atoms with Crippen LogP contribution in [-0.4, -0.2) is 27.4 Å². The molecule has 4 nitrogen and oxygen atoms in total. The summed E-state index contributed by atoms with van der Waals surface area (Å²) in [6.45, 7) is 4.22. The highest BCUT2D eigenvalue weighted by molar-refractivity contribution is 5.36. The van der Waals surface area contributed by atoms with E-state index in [1.165, 1.54) is 5.56 Å². The lowest BCUT2D eigenvalue weighted by molar-refractivity contribution is 0.312. The fourth-order valence-corrected chi connectivity index (χ4v) is 2.18. The van der Waals surface area contributed by atoms with E-state index < -0.39 is 0 Å². The number of aryl methyl sites for hydroxylation is 1. The molecular formula is C18H23NO3. The molecule has 4 heteroatoms. The Morgan fingerprint density at radius 3 is 2.32 bits per heavy atom. The minimum atomic E-state index is 0.612. The summed E-state index contributed by atoms with van der Waals surface area (Å²) in [5.74, 6) is 2.59. The number of ether oxygens (including phenoxy) is 3. The topological polar surface area (TPSA) is 39.7 Å². The van der Waals surface area contributed by atoms with Crippen LogP contribution < -0.4 is 19.5 Å². The molecule has 118 valence electrons. The van der Waals surface area contributed by atoms with Crippen molar-refractivity contribution >= 4 is 0 Å². The molecule has 0 spiro atoms. The van der Waals surface area contributed by atoms with Gasteiger partial charge in [-0.3, -0.25) is 0 Å². The average Bonchev–Trinajstić information content (AvgIpc) is 2.55. The van der Waals surface area contributed by atoms with Crippen molar-refractivity contribution in [2.24, 2.45) is 0 Å². The smallest absolute Gasteiger partial charge is 0.123 e. The van der Waals surface area contributed by atoms with Crippen molar-refractivity contribution in [3.63, 3.8) is 0 Å². The third kappa shape index (κ3) is 4.67. The Balaban J connectivity index is 1.74. The van der Waals surface area contributed by atoms with Gasteiger partial charge in [0.05, 0.1) is 14.2 Å². The van der Waals surface area contributed by atoms with Crippen molar-refractivity contribution in [2.75, 3.05) is 27.4 Å². The molecule has 0 radical (unpaired) electrons. The minimum absolute atomic E-state index is 0.612. The van der Waals surface area contributed by atoms with Crippen molar-refractivity contribution in [2.45, 2.75) is 13.5 Å². The number of methoxy groups -OCH3 is 2. The molecule has 2 aromatic rings. The number of rotatable bonds is 8. The SMILES string of the molecule is COc1ccc(OCCNCc2cc(C)ccc2OC)cc1. The number of benzene rings is 2. The molecule has 0 aliphatic heterocycles. The maximum atomic E-state index is 5.67. The third-order valence-electron chi connectivity index (χ3n) is 3.36. The first-order valence-electron chi connectivity index (χ1n) is 7.34. The molecule has 22 heavy (non-hydrogen) atoms. The zero-order chi connectivity index (χ0) is 15.8. The fourth-order valence-electron chi connectivity index (χ4n) is 2.18. The highest BCUT2D eigenvalue weighted by atomic mass is 16.5. The summed E-state index contributed by atoms with van der Waals surface area (Å²) in [5.41, 5.74) is 2.39. The molecule has 1 N–H and O–H groups in total. The van der Waals surface area contributed by atoms with Crippen LogP contribution in [-0.2, 0) is 6.54 Å². The second-order valence-electron chi connectivity index (χ2n) is 5.02. The predicted octanol–water partition coefficient (Wildman–Crippen LogP) is 3.18. The van der Waals surface area contributed by atoms with Gasteiger partial charge in [0.1, 0.15) is 23.9 Å². The van der Waals surface area contributed by atoms with E-state index >= 15 is 0 Å². The van der Waals surface area contributed by atoms with Crippen LogP contribution in [0.1, 0.15) is 11.1 Å². The first kappa shape index (κ1) is 16.2. The van der Waals surface area contributed by atoms with Gasteiger partial charge in [-0.25, -0.2) is 0 Å². The summed E-state index contributed by atoms with van der Waals surface area (Å²) in [4.78, 5) is 0. The Hall–Kier alpha value is -2.20. The quantitative estimate of drug-likeness (QED) is 0.760. The van der Waals surface area contributed by atoms with Gasteiger partial charge in [-0.1, -0.05) is 17.7 Å². The van der Waals surface area contributed by atoms with Gasteiger partial charge >= 0.3 is 0 Å². The van der Waals surface area contributed by atoms with E-state index in [1.54, 1.807) is 14.2 Å². The molecule has 0 bridgehead atoms. The molecule has 0 heterocycles. The monoisotopic (exact) mass is 301 g/mol. The second kappa shape index (κ2) is 8.29. The molecule has 2 rings (SSSR count). The molecule has 0 fully saturated rings. The van der Waals surface area contributed by atoms with Crippen LogP contribution in [0.4, 0.5) is 0 Å². The van der Waals surface area contributed by atoms with Gasteiger partial charge in [0, 0.05) is 18.7 Å². The maximum Gasteiger partial charge on any atom is 0.123 e. The van der Waals surface area contributed by atoms with Crippen LogP contribution in [0.15, 0.2) is 42.5 Å². The van der Waals surface area contributed by atoms with Crippen molar-refractivity contribution in [3.05, 3.63) is 53.6 Å². The van der Waals surface area contributed by atoms with Gasteiger partial charge in [-0.15, -0.1) is 0 Å². The van der Waals surface area contributed by atoms with E-state index in [4.69, 9.17) is 14.2 Å². The van der Waals surface area contributed by atoms with E-state index in [0.717, 1.165) is 35.9 Å². The predicted molar refractivity (Wildman–Crippen MR) is 87.9 cm³/mol. The van der Waals surface area contributed by atoms with Crippen molar-refractivity contribution in [1.82, 2.24) is 5.32 Å². The summed E-state index contributed by atoms with van der Waals surface area (Å²) in [5, 5.41) is 3.37. The Morgan fingerprint density at radius 2 is 1.64 bits per heavy atom. The van der Waals surface area contributed by atoms with E-state index in [9.17, 15) is 0 Å². The molecule has 0 saturated carbocycles. The van der Waals surface area contributed by atoms with Crippen LogP contribution in [0.5, 0.6) is 17.2 Å². The van der Waals surface area contributed by atoms with Gasteiger partial charge in [-0.05, 0) is 37.3 Å². The summed E-state index contributed by atoms with van der Waals surface area (Å²) < 4.78 is 16.2. The fraction of sp³-hybridized carbons (Fsp3) is 0.333. The summed E-state index contributed by atoms with van der Waals surface area (Å²) in [6, 6.07) is 13.8. The Kier molecular flexibility index (Phi) is 6.10. The van der Waals surface area contributed by atoms with E-state index in [2.05, 4.69) is 24.4 Å². The number of hydrogen-bond acceptors (Lipinski definition) is 4. The average molecular weight is 301 g/mol. The van der Waals surface area contributed by atoms with Crippen molar-refractivity contribution < 1.29 is 14.2 Å². The normalized spacial score (nSPS) is 10.3. The van der Waals surface area contributed by atoms with Crippen LogP contribution in [0.3, 0.4) is 0 Å². The molecule has 0 aliphatic carbocycles. The third-order valence-corrected chi connectivity index (χ3v) is 3.36. The van der Waals surface area contributed by atoms with Gasteiger partial charge < -0.3 is 19.5 Å². The van der Waals surface area contributed by atoms with Crippen LogP contribution in [0, 0.1) is 6.92 Å². The number of nitrogens with one attached hydrogen (secondary N) is 1. The largest absolute Gasteiger partial charge is 0.497 e. The lowest BCUT2D eigenvalue weighted by Crippen LogP contribution is -2.21. The van der Waals surface area contributed by atoms with E-state index in [0.29, 0.717) is 6.61 Å². The highest BCUT2D eigenvalue weighted by Gasteiger charge is 2.02. The number of hydrogen-bond donors (Lipinski definition) is 1. The molecule has 0 aliphatic rings. The Labute approximate surface area is 132 Å². The molecule has 0 unspecified atom stereocenters. The maximum absolute atomic E-state index is 5.67. The molecular weight excluding hydrogens is 278 g/mol. The first-order valence-corrected chi connectivity index (χ1v) is 7.34.